The number of rotatable bonds is 5. The molecule has 2 fully saturated rings. The van der Waals surface area contributed by atoms with Crippen molar-refractivity contribution in [3.8, 4) is 17.0 Å². The minimum Gasteiger partial charge on any atom is -0.464 e. The van der Waals surface area contributed by atoms with Gasteiger partial charge in [0, 0.05) is 69.1 Å². The maximum Gasteiger partial charge on any atom is 0.410 e. The largest absolute Gasteiger partial charge is 0.464 e. The molecule has 0 radical (unpaired) electrons. The first-order valence-corrected chi connectivity index (χ1v) is 14.2. The molecule has 10 heteroatoms. The summed E-state index contributed by atoms with van der Waals surface area (Å²) in [7, 11) is 0. The fourth-order valence-electron chi connectivity index (χ4n) is 5.40. The third-order valence-corrected chi connectivity index (χ3v) is 7.66. The molecule has 1 aromatic carbocycles. The summed E-state index contributed by atoms with van der Waals surface area (Å²) in [6, 6.07) is 9.68. The number of aliphatic hydroxyl groups is 1. The molecule has 2 saturated heterocycles. The van der Waals surface area contributed by atoms with E-state index in [1.807, 2.05) is 56.0 Å². The van der Waals surface area contributed by atoms with Crippen LogP contribution < -0.4 is 4.74 Å². The highest BCUT2D eigenvalue weighted by molar-refractivity contribution is 5.94. The summed E-state index contributed by atoms with van der Waals surface area (Å²) in [6.45, 7) is 10.9. The van der Waals surface area contributed by atoms with Crippen molar-refractivity contribution in [2.75, 3.05) is 52.4 Å². The Labute approximate surface area is 235 Å². The van der Waals surface area contributed by atoms with E-state index in [2.05, 4.69) is 9.88 Å². The highest BCUT2D eigenvalue weighted by Gasteiger charge is 2.34. The number of carbonyl (C=O) groups is 2. The number of carbonyl (C=O) groups excluding carboxylic acids is 2. The Balaban J connectivity index is 1.15. The second-order valence-corrected chi connectivity index (χ2v) is 11.7. The number of aromatic nitrogens is 1. The molecule has 0 spiro atoms. The second kappa shape index (κ2) is 12.1. The zero-order valence-corrected chi connectivity index (χ0v) is 23.7. The summed E-state index contributed by atoms with van der Waals surface area (Å²) < 4.78 is 17.8. The summed E-state index contributed by atoms with van der Waals surface area (Å²) in [5, 5.41) is 9.11. The summed E-state index contributed by atoms with van der Waals surface area (Å²) in [6.07, 6.45) is 2.63. The van der Waals surface area contributed by atoms with Gasteiger partial charge in [0.15, 0.2) is 0 Å². The highest BCUT2D eigenvalue weighted by atomic mass is 16.7. The second-order valence-electron chi connectivity index (χ2n) is 11.7. The topological polar surface area (TPSA) is 105 Å². The standard InChI is InChI=1S/C30H40N4O6/c1-30(2,3)40-29(37)34-10-8-21(9-11-34)28-38-20-24-18-22(5-7-26(24)39-28)25-6-4-23(19-31-25)27(36)33-14-12-32(13-15-33)16-17-35/h4-7,18-19,21,28,35H,8-17,20H2,1-3H3. The minimum atomic E-state index is -0.501. The lowest BCUT2D eigenvalue weighted by Gasteiger charge is -2.38. The van der Waals surface area contributed by atoms with Gasteiger partial charge in [-0.25, -0.2) is 4.79 Å². The number of aliphatic hydroxyl groups excluding tert-OH is 1. The van der Waals surface area contributed by atoms with Gasteiger partial charge in [-0.3, -0.25) is 14.7 Å². The molecular formula is C30H40N4O6. The number of hydrogen-bond acceptors (Lipinski definition) is 8. The van der Waals surface area contributed by atoms with Gasteiger partial charge >= 0.3 is 6.09 Å². The van der Waals surface area contributed by atoms with Crippen LogP contribution in [-0.2, 0) is 16.1 Å². The van der Waals surface area contributed by atoms with Crippen LogP contribution in [0.15, 0.2) is 36.5 Å². The Bertz CT molecular complexity index is 1180. The third-order valence-electron chi connectivity index (χ3n) is 7.66. The van der Waals surface area contributed by atoms with Gasteiger partial charge in [-0.15, -0.1) is 0 Å². The normalized spacial score (nSPS) is 20.6. The number of ether oxygens (including phenoxy) is 3. The van der Waals surface area contributed by atoms with E-state index < -0.39 is 5.60 Å². The number of benzene rings is 1. The Morgan fingerprint density at radius 1 is 1.02 bits per heavy atom. The van der Waals surface area contributed by atoms with E-state index in [1.165, 1.54) is 0 Å². The summed E-state index contributed by atoms with van der Waals surface area (Å²) in [5.74, 6) is 0.996. The molecule has 3 aliphatic heterocycles. The van der Waals surface area contributed by atoms with E-state index in [0.717, 1.165) is 48.5 Å². The number of piperidine rings is 1. The van der Waals surface area contributed by atoms with Crippen LogP contribution in [0.4, 0.5) is 4.79 Å². The quantitative estimate of drug-likeness (QED) is 0.602. The van der Waals surface area contributed by atoms with E-state index in [4.69, 9.17) is 19.3 Å². The van der Waals surface area contributed by atoms with Crippen molar-refractivity contribution in [1.82, 2.24) is 19.7 Å². The number of amides is 2. The van der Waals surface area contributed by atoms with Crippen molar-refractivity contribution in [2.24, 2.45) is 5.92 Å². The molecule has 2 aromatic rings. The lowest BCUT2D eigenvalue weighted by Crippen LogP contribution is -2.49. The SMILES string of the molecule is CC(C)(C)OC(=O)N1CCC(C2OCc3cc(-c4ccc(C(=O)N5CCN(CCO)CC5)cn4)ccc3O2)CC1. The molecule has 0 aliphatic carbocycles. The van der Waals surface area contributed by atoms with Crippen LogP contribution in [-0.4, -0.2) is 101 Å². The highest BCUT2D eigenvalue weighted by Crippen LogP contribution is 2.35. The lowest BCUT2D eigenvalue weighted by molar-refractivity contribution is -0.149. The number of piperazine rings is 1. The predicted molar refractivity (Wildman–Crippen MR) is 149 cm³/mol. The van der Waals surface area contributed by atoms with Crippen LogP contribution in [0.25, 0.3) is 11.3 Å². The van der Waals surface area contributed by atoms with Crippen molar-refractivity contribution in [1.29, 1.82) is 0 Å². The maximum atomic E-state index is 12.9. The molecule has 1 unspecified atom stereocenters. The Kier molecular flexibility index (Phi) is 8.58. The van der Waals surface area contributed by atoms with Crippen LogP contribution in [0.1, 0.15) is 49.5 Å². The van der Waals surface area contributed by atoms with Gasteiger partial charge in [-0.2, -0.15) is 0 Å². The summed E-state index contributed by atoms with van der Waals surface area (Å²) >= 11 is 0. The Hall–Kier alpha value is -3.21. The zero-order valence-electron chi connectivity index (χ0n) is 23.7. The molecule has 5 rings (SSSR count). The number of hydrogen-bond donors (Lipinski definition) is 1. The smallest absolute Gasteiger partial charge is 0.410 e. The Morgan fingerprint density at radius 2 is 1.77 bits per heavy atom. The molecule has 216 valence electrons. The van der Waals surface area contributed by atoms with Crippen molar-refractivity contribution in [3.63, 3.8) is 0 Å². The van der Waals surface area contributed by atoms with Crippen molar-refractivity contribution in [3.05, 3.63) is 47.7 Å². The molecule has 1 aromatic heterocycles. The number of pyridine rings is 1. The lowest BCUT2D eigenvalue weighted by atomic mass is 9.95. The predicted octanol–water partition coefficient (Wildman–Crippen LogP) is 3.38. The molecule has 10 nitrogen and oxygen atoms in total. The van der Waals surface area contributed by atoms with Crippen LogP contribution in [0.2, 0.25) is 0 Å². The number of fused-ring (bicyclic) bond motifs is 1. The van der Waals surface area contributed by atoms with E-state index in [0.29, 0.717) is 44.9 Å². The molecule has 0 bridgehead atoms. The van der Waals surface area contributed by atoms with Gasteiger partial charge in [0.25, 0.3) is 5.91 Å². The van der Waals surface area contributed by atoms with E-state index >= 15 is 0 Å². The number of nitrogens with zero attached hydrogens (tertiary/aromatic N) is 4. The molecule has 4 heterocycles. The summed E-state index contributed by atoms with van der Waals surface area (Å²) in [4.78, 5) is 35.6. The van der Waals surface area contributed by atoms with E-state index in [1.54, 1.807) is 11.1 Å². The first kappa shape index (κ1) is 28.3. The van der Waals surface area contributed by atoms with Gasteiger partial charge in [-0.1, -0.05) is 0 Å². The maximum absolute atomic E-state index is 12.9. The van der Waals surface area contributed by atoms with Gasteiger partial charge in [0.2, 0.25) is 6.29 Å². The van der Waals surface area contributed by atoms with Crippen LogP contribution in [0.5, 0.6) is 5.75 Å². The first-order chi connectivity index (χ1) is 19.2. The van der Waals surface area contributed by atoms with Gasteiger partial charge in [0.05, 0.1) is 24.5 Å². The van der Waals surface area contributed by atoms with Crippen LogP contribution in [0.3, 0.4) is 0 Å². The minimum absolute atomic E-state index is 0.0158. The van der Waals surface area contributed by atoms with Crippen LogP contribution >= 0.6 is 0 Å². The average Bonchev–Trinajstić information content (AvgIpc) is 2.96. The van der Waals surface area contributed by atoms with Crippen molar-refractivity contribution >= 4 is 12.0 Å². The molecule has 0 saturated carbocycles. The molecule has 1 N–H and O–H groups in total. The van der Waals surface area contributed by atoms with E-state index in [-0.39, 0.29) is 30.8 Å². The van der Waals surface area contributed by atoms with Crippen LogP contribution in [0, 0.1) is 5.92 Å². The van der Waals surface area contributed by atoms with E-state index in [9.17, 15) is 9.59 Å². The van der Waals surface area contributed by atoms with Crippen molar-refractivity contribution < 1.29 is 28.9 Å². The molecule has 40 heavy (non-hydrogen) atoms. The number of likely N-dealkylation sites (tertiary alicyclic amines) is 1. The zero-order chi connectivity index (χ0) is 28.3. The Morgan fingerprint density at radius 3 is 2.42 bits per heavy atom. The summed E-state index contributed by atoms with van der Waals surface area (Å²) in [5.41, 5.74) is 2.75. The van der Waals surface area contributed by atoms with Gasteiger partial charge < -0.3 is 29.1 Å². The molecule has 2 amide bonds. The van der Waals surface area contributed by atoms with Crippen molar-refractivity contribution in [2.45, 2.75) is 52.1 Å². The fourth-order valence-corrected chi connectivity index (χ4v) is 5.40. The molecular weight excluding hydrogens is 512 g/mol. The number of β-amino-alcohol motifs (C(OH)–C–C–N with tert-alkyl or cyclic N) is 1. The average molecular weight is 553 g/mol. The third kappa shape index (κ3) is 6.74. The van der Waals surface area contributed by atoms with Gasteiger partial charge in [0.1, 0.15) is 11.4 Å². The molecule has 3 aliphatic rings. The molecule has 1 atom stereocenters. The fraction of sp³-hybridized carbons (Fsp3) is 0.567. The van der Waals surface area contributed by atoms with Gasteiger partial charge in [-0.05, 0) is 63.9 Å². The monoisotopic (exact) mass is 552 g/mol. The first-order valence-electron chi connectivity index (χ1n) is 14.2.